The van der Waals surface area contributed by atoms with Crippen LogP contribution in [0.3, 0.4) is 0 Å². The second-order valence-electron chi connectivity index (χ2n) is 6.28. The van der Waals surface area contributed by atoms with E-state index < -0.39 is 0 Å². The van der Waals surface area contributed by atoms with Gasteiger partial charge in [-0.25, -0.2) is 0 Å². The molecule has 0 aliphatic rings. The lowest BCUT2D eigenvalue weighted by atomic mass is 10.1. The Morgan fingerprint density at radius 2 is 1.81 bits per heavy atom. The average molecular weight is 381 g/mol. The van der Waals surface area contributed by atoms with E-state index in [1.165, 1.54) is 11.8 Å². The molecule has 3 aromatic rings. The number of hydrogen-bond acceptors (Lipinski definition) is 4. The molecule has 0 unspecified atom stereocenters. The number of aromatic nitrogens is 3. The van der Waals surface area contributed by atoms with Crippen molar-refractivity contribution < 1.29 is 4.79 Å². The van der Waals surface area contributed by atoms with Gasteiger partial charge in [-0.05, 0) is 31.0 Å². The lowest BCUT2D eigenvalue weighted by Crippen LogP contribution is -2.26. The second kappa shape index (κ2) is 9.37. The van der Waals surface area contributed by atoms with Gasteiger partial charge >= 0.3 is 0 Å². The van der Waals surface area contributed by atoms with Crippen LogP contribution in [0.25, 0.3) is 17.1 Å². The van der Waals surface area contributed by atoms with Crippen LogP contribution in [0.15, 0.2) is 59.8 Å². The molecule has 0 aliphatic heterocycles. The summed E-state index contributed by atoms with van der Waals surface area (Å²) in [5.74, 6) is 1.13. The van der Waals surface area contributed by atoms with Crippen molar-refractivity contribution in [2.75, 3.05) is 12.3 Å². The Morgan fingerprint density at radius 3 is 2.56 bits per heavy atom. The van der Waals surface area contributed by atoms with Gasteiger partial charge in [0.2, 0.25) is 5.91 Å². The van der Waals surface area contributed by atoms with Crippen LogP contribution in [0.2, 0.25) is 0 Å². The maximum absolute atomic E-state index is 12.1. The Balaban J connectivity index is 1.89. The fourth-order valence-electron chi connectivity index (χ4n) is 2.76. The number of para-hydroxylation sites is 1. The van der Waals surface area contributed by atoms with Crippen LogP contribution >= 0.6 is 11.8 Å². The number of hydrogen-bond donors (Lipinski definition) is 1. The SMILES string of the molecule is CCCCNC(=O)CSc1nnc(-c2ccccc2C)n1-c1ccccc1. The van der Waals surface area contributed by atoms with Gasteiger partial charge in [-0.1, -0.05) is 67.6 Å². The minimum atomic E-state index is 0.0218. The molecule has 0 saturated heterocycles. The van der Waals surface area contributed by atoms with Crippen molar-refractivity contribution in [1.82, 2.24) is 20.1 Å². The van der Waals surface area contributed by atoms with E-state index in [4.69, 9.17) is 0 Å². The zero-order valence-electron chi connectivity index (χ0n) is 15.7. The largest absolute Gasteiger partial charge is 0.355 e. The Bertz CT molecular complexity index is 892. The fourth-order valence-corrected chi connectivity index (χ4v) is 3.54. The average Bonchev–Trinajstić information content (AvgIpc) is 3.11. The molecule has 6 heteroatoms. The second-order valence-corrected chi connectivity index (χ2v) is 7.23. The first-order chi connectivity index (χ1) is 13.2. The highest BCUT2D eigenvalue weighted by atomic mass is 32.2. The van der Waals surface area contributed by atoms with E-state index in [-0.39, 0.29) is 5.91 Å². The predicted molar refractivity (Wildman–Crippen MR) is 110 cm³/mol. The highest BCUT2D eigenvalue weighted by Crippen LogP contribution is 2.29. The topological polar surface area (TPSA) is 59.8 Å². The Kier molecular flexibility index (Phi) is 6.65. The monoisotopic (exact) mass is 380 g/mol. The first kappa shape index (κ1) is 19.2. The van der Waals surface area contributed by atoms with Gasteiger partial charge in [0.1, 0.15) is 0 Å². The van der Waals surface area contributed by atoms with Crippen molar-refractivity contribution in [3.63, 3.8) is 0 Å². The van der Waals surface area contributed by atoms with E-state index in [0.29, 0.717) is 10.9 Å². The molecule has 1 amide bonds. The van der Waals surface area contributed by atoms with Crippen LogP contribution in [-0.2, 0) is 4.79 Å². The minimum Gasteiger partial charge on any atom is -0.355 e. The summed E-state index contributed by atoms with van der Waals surface area (Å²) in [4.78, 5) is 12.1. The van der Waals surface area contributed by atoms with Gasteiger partial charge in [0.15, 0.2) is 11.0 Å². The van der Waals surface area contributed by atoms with E-state index in [0.717, 1.165) is 42.0 Å². The molecule has 27 heavy (non-hydrogen) atoms. The molecule has 0 fully saturated rings. The smallest absolute Gasteiger partial charge is 0.230 e. The lowest BCUT2D eigenvalue weighted by molar-refractivity contribution is -0.118. The summed E-state index contributed by atoms with van der Waals surface area (Å²) in [6.07, 6.45) is 2.06. The van der Waals surface area contributed by atoms with E-state index in [2.05, 4.69) is 35.4 Å². The van der Waals surface area contributed by atoms with Gasteiger partial charge in [-0.2, -0.15) is 0 Å². The molecule has 0 atom stereocenters. The molecule has 0 aliphatic carbocycles. The third-order valence-electron chi connectivity index (χ3n) is 4.22. The molecule has 2 aromatic carbocycles. The molecular formula is C21H24N4OS. The van der Waals surface area contributed by atoms with Gasteiger partial charge in [0.05, 0.1) is 5.75 Å². The van der Waals surface area contributed by atoms with Gasteiger partial charge in [-0.3, -0.25) is 9.36 Å². The Labute approximate surface area is 164 Å². The lowest BCUT2D eigenvalue weighted by Gasteiger charge is -2.11. The molecule has 1 N–H and O–H groups in total. The van der Waals surface area contributed by atoms with Crippen LogP contribution in [0.1, 0.15) is 25.3 Å². The molecule has 5 nitrogen and oxygen atoms in total. The molecule has 140 valence electrons. The number of thioether (sulfide) groups is 1. The summed E-state index contributed by atoms with van der Waals surface area (Å²) in [7, 11) is 0. The Hall–Kier alpha value is -2.60. The maximum atomic E-state index is 12.1. The van der Waals surface area contributed by atoms with Gasteiger partial charge in [0, 0.05) is 17.8 Å². The standard InChI is InChI=1S/C21H24N4OS/c1-3-4-14-22-19(26)15-27-21-24-23-20(18-13-9-8-10-16(18)2)25(21)17-11-6-5-7-12-17/h5-13H,3-4,14-15H2,1-2H3,(H,22,26). The molecule has 0 saturated carbocycles. The third-order valence-corrected chi connectivity index (χ3v) is 5.15. The predicted octanol–water partition coefficient (Wildman–Crippen LogP) is 4.25. The van der Waals surface area contributed by atoms with Crippen LogP contribution in [0.5, 0.6) is 0 Å². The van der Waals surface area contributed by atoms with Crippen molar-refractivity contribution in [1.29, 1.82) is 0 Å². The van der Waals surface area contributed by atoms with Crippen molar-refractivity contribution in [3.05, 3.63) is 60.2 Å². The molecule has 0 bridgehead atoms. The summed E-state index contributed by atoms with van der Waals surface area (Å²) < 4.78 is 2.02. The van der Waals surface area contributed by atoms with Crippen LogP contribution in [0.4, 0.5) is 0 Å². The zero-order chi connectivity index (χ0) is 19.1. The first-order valence-electron chi connectivity index (χ1n) is 9.17. The number of carbonyl (C=O) groups excluding carboxylic acids is 1. The molecule has 1 aromatic heterocycles. The number of aryl methyl sites for hydroxylation is 1. The number of benzene rings is 2. The summed E-state index contributed by atoms with van der Waals surface area (Å²) >= 11 is 1.41. The Morgan fingerprint density at radius 1 is 1.07 bits per heavy atom. The maximum Gasteiger partial charge on any atom is 0.230 e. The van der Waals surface area contributed by atoms with Gasteiger partial charge in [0.25, 0.3) is 0 Å². The highest BCUT2D eigenvalue weighted by molar-refractivity contribution is 7.99. The number of rotatable bonds is 8. The quantitative estimate of drug-likeness (QED) is 0.469. The third kappa shape index (κ3) is 4.77. The number of amides is 1. The van der Waals surface area contributed by atoms with Crippen molar-refractivity contribution in [3.8, 4) is 17.1 Å². The van der Waals surface area contributed by atoms with Crippen LogP contribution in [-0.4, -0.2) is 33.0 Å². The minimum absolute atomic E-state index is 0.0218. The molecule has 1 heterocycles. The molecule has 0 spiro atoms. The van der Waals surface area contributed by atoms with Gasteiger partial charge < -0.3 is 5.32 Å². The fraction of sp³-hybridized carbons (Fsp3) is 0.286. The van der Waals surface area contributed by atoms with Crippen molar-refractivity contribution in [2.45, 2.75) is 31.8 Å². The van der Waals surface area contributed by atoms with Crippen LogP contribution in [0, 0.1) is 6.92 Å². The molecular weight excluding hydrogens is 356 g/mol. The highest BCUT2D eigenvalue weighted by Gasteiger charge is 2.18. The number of nitrogens with one attached hydrogen (secondary N) is 1. The number of carbonyl (C=O) groups is 1. The number of nitrogens with zero attached hydrogens (tertiary/aromatic N) is 3. The van der Waals surface area contributed by atoms with Crippen molar-refractivity contribution >= 4 is 17.7 Å². The summed E-state index contributed by atoms with van der Waals surface area (Å²) in [5.41, 5.74) is 3.15. The zero-order valence-corrected chi connectivity index (χ0v) is 16.5. The summed E-state index contributed by atoms with van der Waals surface area (Å²) in [6, 6.07) is 18.1. The van der Waals surface area contributed by atoms with Crippen LogP contribution < -0.4 is 5.32 Å². The van der Waals surface area contributed by atoms with Gasteiger partial charge in [-0.15, -0.1) is 10.2 Å². The van der Waals surface area contributed by atoms with E-state index in [9.17, 15) is 4.79 Å². The van der Waals surface area contributed by atoms with E-state index >= 15 is 0 Å². The van der Waals surface area contributed by atoms with Crippen molar-refractivity contribution in [2.24, 2.45) is 0 Å². The number of unbranched alkanes of at least 4 members (excludes halogenated alkanes) is 1. The van der Waals surface area contributed by atoms with E-state index in [1.807, 2.05) is 53.1 Å². The molecule has 0 radical (unpaired) electrons. The van der Waals surface area contributed by atoms with E-state index in [1.54, 1.807) is 0 Å². The summed E-state index contributed by atoms with van der Waals surface area (Å²) in [5, 5.41) is 12.5. The summed E-state index contributed by atoms with van der Waals surface area (Å²) in [6.45, 7) is 4.89. The first-order valence-corrected chi connectivity index (χ1v) is 10.2. The normalized spacial score (nSPS) is 10.7. The molecule has 3 rings (SSSR count).